The fourth-order valence-electron chi connectivity index (χ4n) is 2.24. The van der Waals surface area contributed by atoms with Crippen LogP contribution in [-0.2, 0) is 14.3 Å². The van der Waals surface area contributed by atoms with E-state index in [9.17, 15) is 9.59 Å². The number of nitrogens with zero attached hydrogens (tertiary/aromatic N) is 1. The van der Waals surface area contributed by atoms with Gasteiger partial charge in [0.05, 0.1) is 18.1 Å². The molecule has 2 aromatic rings. The van der Waals surface area contributed by atoms with Gasteiger partial charge in [0.1, 0.15) is 0 Å². The number of thioether (sulfide) groups is 1. The second kappa shape index (κ2) is 9.79. The van der Waals surface area contributed by atoms with Crippen molar-refractivity contribution in [3.8, 4) is 6.07 Å². The van der Waals surface area contributed by atoms with Gasteiger partial charge in [0.15, 0.2) is 6.10 Å². The molecule has 0 aliphatic heterocycles. The number of benzene rings is 2. The van der Waals surface area contributed by atoms with E-state index >= 15 is 0 Å². The van der Waals surface area contributed by atoms with E-state index in [1.54, 1.807) is 36.0 Å². The van der Waals surface area contributed by atoms with Gasteiger partial charge in [0, 0.05) is 16.3 Å². The minimum atomic E-state index is -0.889. The Kier molecular flexibility index (Phi) is 7.44. The normalized spacial score (nSPS) is 11.3. The minimum Gasteiger partial charge on any atom is -0.453 e. The van der Waals surface area contributed by atoms with Crippen molar-refractivity contribution in [1.29, 1.82) is 5.26 Å². The van der Waals surface area contributed by atoms with E-state index in [0.29, 0.717) is 17.0 Å². The van der Waals surface area contributed by atoms with Gasteiger partial charge in [-0.1, -0.05) is 6.07 Å². The number of rotatable bonds is 7. The molecule has 0 fully saturated rings. The van der Waals surface area contributed by atoms with E-state index in [-0.39, 0.29) is 6.42 Å². The zero-order valence-electron chi connectivity index (χ0n) is 15.6. The van der Waals surface area contributed by atoms with Crippen LogP contribution < -0.4 is 5.32 Å². The second-order valence-corrected chi connectivity index (χ2v) is 7.32. The largest absolute Gasteiger partial charge is 0.453 e. The first kappa shape index (κ1) is 20.5. The summed E-state index contributed by atoms with van der Waals surface area (Å²) in [4.78, 5) is 25.2. The number of amides is 1. The molecule has 0 aromatic heterocycles. The molecule has 0 spiro atoms. The van der Waals surface area contributed by atoms with Crippen LogP contribution in [0.15, 0.2) is 47.4 Å². The number of nitrogens with one attached hydrogen (secondary N) is 1. The van der Waals surface area contributed by atoms with Crippen LogP contribution in [0, 0.1) is 25.2 Å². The summed E-state index contributed by atoms with van der Waals surface area (Å²) in [5, 5.41) is 11.4. The van der Waals surface area contributed by atoms with Gasteiger partial charge in [-0.3, -0.25) is 9.59 Å². The average molecular weight is 382 g/mol. The van der Waals surface area contributed by atoms with Gasteiger partial charge in [-0.15, -0.1) is 11.8 Å². The van der Waals surface area contributed by atoms with E-state index in [1.165, 1.54) is 18.1 Å². The van der Waals surface area contributed by atoms with Crippen LogP contribution in [0.3, 0.4) is 0 Å². The van der Waals surface area contributed by atoms with Crippen molar-refractivity contribution in [2.24, 2.45) is 0 Å². The lowest BCUT2D eigenvalue weighted by Gasteiger charge is -2.13. The van der Waals surface area contributed by atoms with Crippen molar-refractivity contribution in [2.75, 3.05) is 11.1 Å². The van der Waals surface area contributed by atoms with Gasteiger partial charge in [-0.05, 0) is 68.3 Å². The molecule has 0 bridgehead atoms. The minimum absolute atomic E-state index is 0.228. The molecule has 0 aliphatic carbocycles. The maximum Gasteiger partial charge on any atom is 0.307 e. The Morgan fingerprint density at radius 3 is 2.48 bits per heavy atom. The molecule has 0 saturated heterocycles. The van der Waals surface area contributed by atoms with Crippen LogP contribution in [0.1, 0.15) is 30.0 Å². The summed E-state index contributed by atoms with van der Waals surface area (Å²) in [5.74, 6) is -0.227. The van der Waals surface area contributed by atoms with Crippen molar-refractivity contribution >= 4 is 29.3 Å². The Labute approximate surface area is 163 Å². The number of anilines is 1. The molecule has 0 heterocycles. The summed E-state index contributed by atoms with van der Waals surface area (Å²) < 4.78 is 5.19. The molecule has 140 valence electrons. The SMILES string of the molecule is Cc1ccc(SCCC(=O)O[C@@H](C)C(=O)Nc2ccc(C#N)cc2)cc1C. The number of ether oxygens (including phenoxy) is 1. The molecular weight excluding hydrogens is 360 g/mol. The van der Waals surface area contributed by atoms with Gasteiger partial charge >= 0.3 is 5.97 Å². The molecular formula is C21H22N2O3S. The maximum atomic E-state index is 12.1. The third kappa shape index (κ3) is 6.46. The number of esters is 1. The Bertz CT molecular complexity index is 857. The second-order valence-electron chi connectivity index (χ2n) is 6.16. The highest BCUT2D eigenvalue weighted by Crippen LogP contribution is 2.22. The van der Waals surface area contributed by atoms with E-state index in [4.69, 9.17) is 10.00 Å². The summed E-state index contributed by atoms with van der Waals surface area (Å²) >= 11 is 1.59. The smallest absolute Gasteiger partial charge is 0.307 e. The Balaban J connectivity index is 1.75. The summed E-state index contributed by atoms with van der Waals surface area (Å²) in [6, 6.07) is 14.7. The first-order chi connectivity index (χ1) is 12.9. The number of aryl methyl sites for hydroxylation is 2. The Morgan fingerprint density at radius 2 is 1.85 bits per heavy atom. The van der Waals surface area contributed by atoms with Crippen LogP contribution in [0.5, 0.6) is 0 Å². The van der Waals surface area contributed by atoms with Crippen LogP contribution in [-0.4, -0.2) is 23.7 Å². The van der Waals surface area contributed by atoms with Crippen LogP contribution >= 0.6 is 11.8 Å². The summed E-state index contributed by atoms with van der Waals surface area (Å²) in [7, 11) is 0. The molecule has 1 atom stereocenters. The van der Waals surface area contributed by atoms with Crippen LogP contribution in [0.2, 0.25) is 0 Å². The van der Waals surface area contributed by atoms with Gasteiger partial charge in [-0.25, -0.2) is 0 Å². The molecule has 0 aliphatic rings. The fraction of sp³-hybridized carbons (Fsp3) is 0.286. The van der Waals surface area contributed by atoms with Gasteiger partial charge in [0.25, 0.3) is 5.91 Å². The van der Waals surface area contributed by atoms with Crippen LogP contribution in [0.25, 0.3) is 0 Å². The van der Waals surface area contributed by atoms with Gasteiger partial charge in [0.2, 0.25) is 0 Å². The molecule has 2 rings (SSSR count). The molecule has 0 saturated carbocycles. The van der Waals surface area contributed by atoms with E-state index in [0.717, 1.165) is 4.90 Å². The van der Waals surface area contributed by atoms with Crippen LogP contribution in [0.4, 0.5) is 5.69 Å². The first-order valence-corrected chi connectivity index (χ1v) is 9.58. The zero-order chi connectivity index (χ0) is 19.8. The summed E-state index contributed by atoms with van der Waals surface area (Å²) in [5.41, 5.74) is 3.51. The number of nitriles is 1. The van der Waals surface area contributed by atoms with Crippen molar-refractivity contribution in [1.82, 2.24) is 0 Å². The summed E-state index contributed by atoms with van der Waals surface area (Å²) in [6.45, 7) is 5.65. The molecule has 0 radical (unpaired) electrons. The monoisotopic (exact) mass is 382 g/mol. The highest BCUT2D eigenvalue weighted by Gasteiger charge is 2.17. The van der Waals surface area contributed by atoms with Gasteiger partial charge < -0.3 is 10.1 Å². The topological polar surface area (TPSA) is 79.2 Å². The fourth-order valence-corrected chi connectivity index (χ4v) is 3.17. The number of hydrogen-bond donors (Lipinski definition) is 1. The van der Waals surface area contributed by atoms with Gasteiger partial charge in [-0.2, -0.15) is 5.26 Å². The summed E-state index contributed by atoms with van der Waals surface area (Å²) in [6.07, 6.45) is -0.661. The van der Waals surface area contributed by atoms with Crippen molar-refractivity contribution in [3.05, 3.63) is 59.2 Å². The van der Waals surface area contributed by atoms with E-state index in [1.807, 2.05) is 12.1 Å². The predicted molar refractivity (Wildman–Crippen MR) is 107 cm³/mol. The van der Waals surface area contributed by atoms with E-state index in [2.05, 4.69) is 31.3 Å². The average Bonchev–Trinajstić information content (AvgIpc) is 2.65. The molecule has 1 N–H and O–H groups in total. The Morgan fingerprint density at radius 1 is 1.15 bits per heavy atom. The van der Waals surface area contributed by atoms with Crippen molar-refractivity contribution < 1.29 is 14.3 Å². The quantitative estimate of drug-likeness (QED) is 0.573. The standard InChI is InChI=1S/C21H22N2O3S/c1-14-4-9-19(12-15(14)2)27-11-10-20(24)26-16(3)21(25)23-18-7-5-17(13-22)6-8-18/h4-9,12,16H,10-11H2,1-3H3,(H,23,25)/t16-/m0/s1. The molecule has 0 unspecified atom stereocenters. The predicted octanol–water partition coefficient (Wildman–Crippen LogP) is 4.23. The molecule has 5 nitrogen and oxygen atoms in total. The number of carbonyl (C=O) groups excluding carboxylic acids is 2. The Hall–Kier alpha value is -2.78. The highest BCUT2D eigenvalue weighted by molar-refractivity contribution is 7.99. The molecule has 2 aromatic carbocycles. The first-order valence-electron chi connectivity index (χ1n) is 8.59. The molecule has 6 heteroatoms. The maximum absolute atomic E-state index is 12.1. The third-order valence-corrected chi connectivity index (χ3v) is 5.01. The lowest BCUT2D eigenvalue weighted by Crippen LogP contribution is -2.30. The molecule has 1 amide bonds. The third-order valence-electron chi connectivity index (χ3n) is 4.01. The zero-order valence-corrected chi connectivity index (χ0v) is 16.4. The van der Waals surface area contributed by atoms with E-state index < -0.39 is 18.0 Å². The number of carbonyl (C=O) groups is 2. The molecule has 27 heavy (non-hydrogen) atoms. The van der Waals surface area contributed by atoms with Crippen molar-refractivity contribution in [2.45, 2.75) is 38.2 Å². The lowest BCUT2D eigenvalue weighted by molar-refractivity contribution is -0.152. The highest BCUT2D eigenvalue weighted by atomic mass is 32.2. The number of hydrogen-bond acceptors (Lipinski definition) is 5. The lowest BCUT2D eigenvalue weighted by atomic mass is 10.1. The van der Waals surface area contributed by atoms with Crippen molar-refractivity contribution in [3.63, 3.8) is 0 Å².